The van der Waals surface area contributed by atoms with E-state index in [0.717, 1.165) is 33.8 Å². The molecule has 0 aliphatic carbocycles. The third-order valence-corrected chi connectivity index (χ3v) is 4.27. The normalized spacial score (nSPS) is 12.3. The second-order valence-electron chi connectivity index (χ2n) is 6.00. The maximum absolute atomic E-state index is 10.1. The van der Waals surface area contributed by atoms with Crippen LogP contribution in [0.2, 0.25) is 0 Å². The molecule has 0 fully saturated rings. The average Bonchev–Trinajstić information content (AvgIpc) is 3.12. The topological polar surface area (TPSA) is 50.7 Å². The number of fused-ring (bicyclic) bond motifs is 1. The molecule has 0 unspecified atom stereocenters. The van der Waals surface area contributed by atoms with Crippen LogP contribution in [0.4, 0.5) is 0 Å². The molecule has 25 heavy (non-hydrogen) atoms. The Balaban J connectivity index is 1.44. The van der Waals surface area contributed by atoms with Crippen molar-refractivity contribution >= 4 is 0 Å². The van der Waals surface area contributed by atoms with E-state index < -0.39 is 0 Å². The van der Waals surface area contributed by atoms with E-state index in [1.807, 2.05) is 48.5 Å². The van der Waals surface area contributed by atoms with E-state index in [0.29, 0.717) is 18.8 Å². The van der Waals surface area contributed by atoms with Gasteiger partial charge < -0.3 is 19.9 Å². The number of phenols is 1. The zero-order valence-electron chi connectivity index (χ0n) is 13.7. The van der Waals surface area contributed by atoms with Gasteiger partial charge in [0.1, 0.15) is 5.75 Å². The summed E-state index contributed by atoms with van der Waals surface area (Å²) in [5.74, 6) is 1.88. The molecule has 3 aromatic carbocycles. The van der Waals surface area contributed by atoms with Crippen molar-refractivity contribution in [2.45, 2.75) is 13.1 Å². The van der Waals surface area contributed by atoms with Crippen LogP contribution in [0.25, 0.3) is 11.1 Å². The summed E-state index contributed by atoms with van der Waals surface area (Å²) < 4.78 is 10.7. The van der Waals surface area contributed by atoms with Crippen LogP contribution in [-0.2, 0) is 13.1 Å². The Morgan fingerprint density at radius 2 is 1.64 bits per heavy atom. The number of hydrogen-bond donors (Lipinski definition) is 2. The highest BCUT2D eigenvalue weighted by Crippen LogP contribution is 2.32. The second kappa shape index (κ2) is 6.87. The van der Waals surface area contributed by atoms with Crippen LogP contribution >= 0.6 is 0 Å². The maximum atomic E-state index is 10.1. The Morgan fingerprint density at radius 1 is 0.800 bits per heavy atom. The van der Waals surface area contributed by atoms with Crippen LogP contribution in [0.3, 0.4) is 0 Å². The maximum Gasteiger partial charge on any atom is 0.231 e. The first kappa shape index (κ1) is 15.5. The zero-order chi connectivity index (χ0) is 17.1. The minimum absolute atomic E-state index is 0.284. The third kappa shape index (κ3) is 3.44. The van der Waals surface area contributed by atoms with Crippen molar-refractivity contribution in [3.63, 3.8) is 0 Å². The van der Waals surface area contributed by atoms with Crippen molar-refractivity contribution in [2.24, 2.45) is 0 Å². The predicted octanol–water partition coefficient (Wildman–Crippen LogP) is 4.08. The first-order valence-corrected chi connectivity index (χ1v) is 8.26. The largest absolute Gasteiger partial charge is 0.508 e. The summed E-state index contributed by atoms with van der Waals surface area (Å²) in [6.07, 6.45) is 0. The van der Waals surface area contributed by atoms with E-state index in [2.05, 4.69) is 17.4 Å². The summed E-state index contributed by atoms with van der Waals surface area (Å²) in [4.78, 5) is 0. The van der Waals surface area contributed by atoms with Crippen molar-refractivity contribution < 1.29 is 14.6 Å². The molecule has 0 saturated carbocycles. The Hall–Kier alpha value is -2.98. The van der Waals surface area contributed by atoms with Gasteiger partial charge >= 0.3 is 0 Å². The van der Waals surface area contributed by atoms with E-state index in [-0.39, 0.29) is 6.79 Å². The van der Waals surface area contributed by atoms with Gasteiger partial charge in [0.15, 0.2) is 11.5 Å². The molecule has 0 aromatic heterocycles. The molecular weight excluding hydrogens is 314 g/mol. The molecule has 0 saturated heterocycles. The van der Waals surface area contributed by atoms with Gasteiger partial charge in [-0.2, -0.15) is 0 Å². The minimum Gasteiger partial charge on any atom is -0.508 e. The molecule has 1 aliphatic rings. The Morgan fingerprint density at radius 3 is 2.52 bits per heavy atom. The van der Waals surface area contributed by atoms with Gasteiger partial charge in [0, 0.05) is 18.7 Å². The Labute approximate surface area is 146 Å². The van der Waals surface area contributed by atoms with Crippen molar-refractivity contribution in [1.82, 2.24) is 5.32 Å². The summed E-state index contributed by atoms with van der Waals surface area (Å²) >= 11 is 0. The van der Waals surface area contributed by atoms with E-state index in [9.17, 15) is 5.11 Å². The highest BCUT2D eigenvalue weighted by molar-refractivity contribution is 5.65. The van der Waals surface area contributed by atoms with Crippen LogP contribution in [0.5, 0.6) is 17.2 Å². The first-order chi connectivity index (χ1) is 12.3. The number of hydrogen-bond acceptors (Lipinski definition) is 4. The second-order valence-corrected chi connectivity index (χ2v) is 6.00. The highest BCUT2D eigenvalue weighted by Gasteiger charge is 2.13. The van der Waals surface area contributed by atoms with Crippen LogP contribution in [0.15, 0.2) is 66.7 Å². The van der Waals surface area contributed by atoms with Crippen molar-refractivity contribution in [3.8, 4) is 28.4 Å². The van der Waals surface area contributed by atoms with Crippen molar-refractivity contribution in [1.29, 1.82) is 0 Å². The summed E-state index contributed by atoms with van der Waals surface area (Å²) in [7, 11) is 0. The molecule has 0 bridgehead atoms. The lowest BCUT2D eigenvalue weighted by Crippen LogP contribution is -2.12. The van der Waals surface area contributed by atoms with E-state index >= 15 is 0 Å². The first-order valence-electron chi connectivity index (χ1n) is 8.26. The van der Waals surface area contributed by atoms with E-state index in [1.165, 1.54) is 0 Å². The fourth-order valence-electron chi connectivity index (χ4n) is 2.93. The van der Waals surface area contributed by atoms with Crippen molar-refractivity contribution in [2.75, 3.05) is 6.79 Å². The zero-order valence-corrected chi connectivity index (χ0v) is 13.7. The van der Waals surface area contributed by atoms with Gasteiger partial charge in [-0.1, -0.05) is 42.5 Å². The molecule has 4 nitrogen and oxygen atoms in total. The number of phenolic OH excluding ortho intramolecular Hbond substituents is 1. The van der Waals surface area contributed by atoms with Crippen LogP contribution in [0, 0.1) is 0 Å². The molecule has 126 valence electrons. The molecule has 0 spiro atoms. The predicted molar refractivity (Wildman–Crippen MR) is 96.7 cm³/mol. The monoisotopic (exact) mass is 333 g/mol. The van der Waals surface area contributed by atoms with E-state index in [1.54, 1.807) is 6.07 Å². The number of rotatable bonds is 5. The highest BCUT2D eigenvalue weighted by atomic mass is 16.7. The molecule has 0 amide bonds. The Kier molecular flexibility index (Phi) is 4.27. The summed E-state index contributed by atoms with van der Waals surface area (Å²) in [5.41, 5.74) is 4.22. The number of nitrogens with one attached hydrogen (secondary N) is 1. The van der Waals surface area contributed by atoms with Gasteiger partial charge in [0.05, 0.1) is 0 Å². The van der Waals surface area contributed by atoms with Gasteiger partial charge in [-0.05, 0) is 41.0 Å². The minimum atomic E-state index is 0.284. The molecular formula is C21H19NO3. The number of aromatic hydroxyl groups is 1. The standard InChI is InChI=1S/C21H19NO3/c23-19-8-7-17(16-4-2-1-3-5-16)11-18(19)13-22-12-15-6-9-20-21(10-15)25-14-24-20/h1-11,22-23H,12-14H2. The third-order valence-electron chi connectivity index (χ3n) is 4.27. The summed E-state index contributed by atoms with van der Waals surface area (Å²) in [5, 5.41) is 13.5. The summed E-state index contributed by atoms with van der Waals surface area (Å²) in [6.45, 7) is 1.55. The molecule has 4 heteroatoms. The molecule has 1 heterocycles. The van der Waals surface area contributed by atoms with Gasteiger partial charge in [-0.25, -0.2) is 0 Å². The summed E-state index contributed by atoms with van der Waals surface area (Å²) in [6, 6.07) is 21.8. The fourth-order valence-corrected chi connectivity index (χ4v) is 2.93. The number of ether oxygens (including phenoxy) is 2. The van der Waals surface area contributed by atoms with Gasteiger partial charge in [-0.3, -0.25) is 0 Å². The molecule has 0 atom stereocenters. The SMILES string of the molecule is Oc1ccc(-c2ccccc2)cc1CNCc1ccc2c(c1)OCO2. The Bertz CT molecular complexity index is 878. The van der Waals surface area contributed by atoms with Crippen LogP contribution < -0.4 is 14.8 Å². The van der Waals surface area contributed by atoms with Gasteiger partial charge in [0.2, 0.25) is 6.79 Å². The lowest BCUT2D eigenvalue weighted by Gasteiger charge is -2.10. The van der Waals surface area contributed by atoms with Crippen molar-refractivity contribution in [3.05, 3.63) is 77.9 Å². The van der Waals surface area contributed by atoms with E-state index in [4.69, 9.17) is 9.47 Å². The molecule has 2 N–H and O–H groups in total. The fraction of sp³-hybridized carbons (Fsp3) is 0.143. The smallest absolute Gasteiger partial charge is 0.231 e. The quantitative estimate of drug-likeness (QED) is 0.739. The average molecular weight is 333 g/mol. The van der Waals surface area contributed by atoms with Gasteiger partial charge in [0.25, 0.3) is 0 Å². The molecule has 4 rings (SSSR count). The van der Waals surface area contributed by atoms with Gasteiger partial charge in [-0.15, -0.1) is 0 Å². The molecule has 1 aliphatic heterocycles. The lowest BCUT2D eigenvalue weighted by atomic mass is 10.0. The van der Waals surface area contributed by atoms with Crippen LogP contribution in [-0.4, -0.2) is 11.9 Å². The van der Waals surface area contributed by atoms with Crippen LogP contribution in [0.1, 0.15) is 11.1 Å². The lowest BCUT2D eigenvalue weighted by molar-refractivity contribution is 0.174. The molecule has 0 radical (unpaired) electrons. The number of benzene rings is 3. The molecule has 3 aromatic rings.